The molecule has 0 aliphatic rings. The Balaban J connectivity index is 3.14. The average Bonchev–Trinajstić information content (AvgIpc) is 2.15. The summed E-state index contributed by atoms with van der Waals surface area (Å²) in [5, 5.41) is 0. The van der Waals surface area contributed by atoms with Crippen LogP contribution in [0.3, 0.4) is 0 Å². The zero-order chi connectivity index (χ0) is 13.2. The molecule has 0 aliphatic carbocycles. The minimum Gasteiger partial charge on any atom is -0.327 e. The van der Waals surface area contributed by atoms with E-state index in [1.54, 1.807) is 6.92 Å². The predicted molar refractivity (Wildman–Crippen MR) is 60.5 cm³/mol. The maximum atomic E-state index is 12.6. The van der Waals surface area contributed by atoms with Gasteiger partial charge in [-0.3, -0.25) is 4.98 Å². The molecule has 2 nitrogen and oxygen atoms in total. The summed E-state index contributed by atoms with van der Waals surface area (Å²) in [6.07, 6.45) is -3.15. The fourth-order valence-corrected chi connectivity index (χ4v) is 2.02. The molecule has 0 aliphatic heterocycles. The second-order valence-corrected chi connectivity index (χ2v) is 4.60. The van der Waals surface area contributed by atoms with Crippen molar-refractivity contribution in [1.29, 1.82) is 0 Å². The molecule has 1 heterocycles. The summed E-state index contributed by atoms with van der Waals surface area (Å²) < 4.78 is 37.7. The fourth-order valence-electron chi connectivity index (χ4n) is 2.02. The maximum absolute atomic E-state index is 12.6. The predicted octanol–water partition coefficient (Wildman–Crippen LogP) is 3.19. The van der Waals surface area contributed by atoms with E-state index in [-0.39, 0.29) is 17.9 Å². The van der Waals surface area contributed by atoms with Gasteiger partial charge in [-0.2, -0.15) is 13.2 Å². The van der Waals surface area contributed by atoms with Crippen LogP contribution in [0.15, 0.2) is 18.3 Å². The summed E-state index contributed by atoms with van der Waals surface area (Å²) in [5.74, 6) is -0.0247. The summed E-state index contributed by atoms with van der Waals surface area (Å²) in [4.78, 5) is 4.02. The minimum atomic E-state index is -4.34. The molecule has 2 N–H and O–H groups in total. The largest absolute Gasteiger partial charge is 0.416 e. The highest BCUT2D eigenvalue weighted by atomic mass is 19.4. The van der Waals surface area contributed by atoms with E-state index in [0.29, 0.717) is 5.69 Å². The summed E-state index contributed by atoms with van der Waals surface area (Å²) in [7, 11) is 0. The second kappa shape index (κ2) is 5.04. The molecular weight excluding hydrogens is 229 g/mol. The third-order valence-corrected chi connectivity index (χ3v) is 2.73. The Morgan fingerprint density at radius 3 is 2.24 bits per heavy atom. The number of nitrogens with two attached hydrogens (primary N) is 1. The molecule has 0 radical (unpaired) electrons. The lowest BCUT2D eigenvalue weighted by Gasteiger charge is -2.24. The van der Waals surface area contributed by atoms with Gasteiger partial charge in [0.05, 0.1) is 5.56 Å². The molecule has 96 valence electrons. The molecule has 1 aromatic heterocycles. The Hall–Kier alpha value is -1.10. The Morgan fingerprint density at radius 1 is 1.24 bits per heavy atom. The quantitative estimate of drug-likeness (QED) is 0.889. The lowest BCUT2D eigenvalue weighted by Crippen LogP contribution is -2.29. The smallest absolute Gasteiger partial charge is 0.327 e. The molecular formula is C12H17F3N2. The van der Waals surface area contributed by atoms with Gasteiger partial charge in [0.1, 0.15) is 0 Å². The van der Waals surface area contributed by atoms with E-state index in [2.05, 4.69) is 4.98 Å². The first-order valence-corrected chi connectivity index (χ1v) is 5.52. The highest BCUT2D eigenvalue weighted by molar-refractivity contribution is 5.23. The van der Waals surface area contributed by atoms with Crippen LogP contribution < -0.4 is 5.73 Å². The van der Waals surface area contributed by atoms with Gasteiger partial charge in [-0.05, 0) is 25.0 Å². The number of alkyl halides is 3. The number of pyridine rings is 1. The Kier molecular flexibility index (Phi) is 4.14. The first-order valence-electron chi connectivity index (χ1n) is 5.52. The van der Waals surface area contributed by atoms with Crippen molar-refractivity contribution in [1.82, 2.24) is 4.98 Å². The summed E-state index contributed by atoms with van der Waals surface area (Å²) >= 11 is 0. The van der Waals surface area contributed by atoms with E-state index in [0.717, 1.165) is 12.1 Å². The van der Waals surface area contributed by atoms with E-state index < -0.39 is 11.7 Å². The van der Waals surface area contributed by atoms with Gasteiger partial charge in [0.15, 0.2) is 0 Å². The van der Waals surface area contributed by atoms with Crippen molar-refractivity contribution in [2.24, 2.45) is 11.7 Å². The van der Waals surface area contributed by atoms with Crippen LogP contribution in [-0.2, 0) is 6.18 Å². The molecule has 0 spiro atoms. The van der Waals surface area contributed by atoms with Gasteiger partial charge in [-0.1, -0.05) is 13.8 Å². The third-order valence-electron chi connectivity index (χ3n) is 2.73. The monoisotopic (exact) mass is 246 g/mol. The van der Waals surface area contributed by atoms with Gasteiger partial charge in [0.25, 0.3) is 0 Å². The third kappa shape index (κ3) is 3.43. The van der Waals surface area contributed by atoms with Gasteiger partial charge in [-0.25, -0.2) is 0 Å². The SMILES string of the molecule is CC(C)C(c1cc(C(F)(F)F)ccn1)C(C)N. The highest BCUT2D eigenvalue weighted by Gasteiger charge is 2.32. The molecule has 0 bridgehead atoms. The van der Waals surface area contributed by atoms with Crippen LogP contribution >= 0.6 is 0 Å². The molecule has 2 atom stereocenters. The first-order chi connectivity index (χ1) is 7.73. The number of halogens is 3. The highest BCUT2D eigenvalue weighted by Crippen LogP contribution is 2.32. The topological polar surface area (TPSA) is 38.9 Å². The normalized spacial score (nSPS) is 16.0. The molecule has 1 rings (SSSR count). The lowest BCUT2D eigenvalue weighted by atomic mass is 9.86. The number of aromatic nitrogens is 1. The molecule has 1 aromatic rings. The molecule has 17 heavy (non-hydrogen) atoms. The van der Waals surface area contributed by atoms with Crippen LogP contribution in [0.2, 0.25) is 0 Å². The number of nitrogens with zero attached hydrogens (tertiary/aromatic N) is 1. The van der Waals surface area contributed by atoms with Crippen LogP contribution in [0.5, 0.6) is 0 Å². The summed E-state index contributed by atoms with van der Waals surface area (Å²) in [6, 6.07) is 1.84. The molecule has 2 unspecified atom stereocenters. The number of rotatable bonds is 3. The fraction of sp³-hybridized carbons (Fsp3) is 0.583. The molecule has 0 aromatic carbocycles. The van der Waals surface area contributed by atoms with Gasteiger partial charge >= 0.3 is 6.18 Å². The molecule has 0 fully saturated rings. The second-order valence-electron chi connectivity index (χ2n) is 4.60. The summed E-state index contributed by atoms with van der Waals surface area (Å²) in [5.41, 5.74) is 5.54. The minimum absolute atomic E-state index is 0.144. The van der Waals surface area contributed by atoms with Crippen LogP contribution in [0.4, 0.5) is 13.2 Å². The standard InChI is InChI=1S/C12H17F3N2/c1-7(2)11(8(3)16)10-6-9(4-5-17-10)12(13,14)15/h4-8,11H,16H2,1-3H3. The average molecular weight is 246 g/mol. The molecule has 0 saturated carbocycles. The van der Waals surface area contributed by atoms with Gasteiger partial charge < -0.3 is 5.73 Å². The molecule has 0 saturated heterocycles. The van der Waals surface area contributed by atoms with E-state index in [1.807, 2.05) is 13.8 Å². The first kappa shape index (κ1) is 14.0. The van der Waals surface area contributed by atoms with Crippen LogP contribution in [0, 0.1) is 5.92 Å². The summed E-state index contributed by atoms with van der Waals surface area (Å²) in [6.45, 7) is 5.64. The van der Waals surface area contributed by atoms with Crippen molar-refractivity contribution in [3.8, 4) is 0 Å². The van der Waals surface area contributed by atoms with Crippen molar-refractivity contribution in [2.45, 2.75) is 38.9 Å². The van der Waals surface area contributed by atoms with E-state index in [4.69, 9.17) is 5.73 Å². The Labute approximate surface area is 99.0 Å². The van der Waals surface area contributed by atoms with Crippen LogP contribution in [0.1, 0.15) is 37.9 Å². The van der Waals surface area contributed by atoms with Crippen molar-refractivity contribution in [2.75, 3.05) is 0 Å². The van der Waals surface area contributed by atoms with E-state index in [9.17, 15) is 13.2 Å². The number of hydrogen-bond donors (Lipinski definition) is 1. The van der Waals surface area contributed by atoms with Gasteiger partial charge in [-0.15, -0.1) is 0 Å². The Morgan fingerprint density at radius 2 is 1.82 bits per heavy atom. The maximum Gasteiger partial charge on any atom is 0.416 e. The van der Waals surface area contributed by atoms with Crippen molar-refractivity contribution >= 4 is 0 Å². The lowest BCUT2D eigenvalue weighted by molar-refractivity contribution is -0.137. The zero-order valence-corrected chi connectivity index (χ0v) is 10.1. The molecule has 0 amide bonds. The van der Waals surface area contributed by atoms with Crippen molar-refractivity contribution in [3.63, 3.8) is 0 Å². The van der Waals surface area contributed by atoms with E-state index in [1.165, 1.54) is 6.20 Å². The van der Waals surface area contributed by atoms with Crippen molar-refractivity contribution in [3.05, 3.63) is 29.6 Å². The van der Waals surface area contributed by atoms with E-state index >= 15 is 0 Å². The van der Waals surface area contributed by atoms with Crippen molar-refractivity contribution < 1.29 is 13.2 Å². The molecule has 5 heteroatoms. The van der Waals surface area contributed by atoms with Gasteiger partial charge in [0, 0.05) is 23.9 Å². The van der Waals surface area contributed by atoms with Crippen LogP contribution in [0.25, 0.3) is 0 Å². The number of hydrogen-bond acceptors (Lipinski definition) is 2. The zero-order valence-electron chi connectivity index (χ0n) is 10.1. The Bertz CT molecular complexity index is 364. The van der Waals surface area contributed by atoms with Crippen LogP contribution in [-0.4, -0.2) is 11.0 Å². The van der Waals surface area contributed by atoms with Gasteiger partial charge in [0.2, 0.25) is 0 Å².